The standard InChI is InChI=1S/C35H46N2/c1-3-5-6-7-8-9-10-20-27-36-28-29-37(33-25-18-13-19-26-33)35(36,30-31-21-14-11-15-22-31)34(4-2)32-23-16-12-17-24-32/h11-19,21-26,28-29,34H,3-10,20,27,30H2,1-2H3. The molecule has 3 aromatic rings. The van der Waals surface area contributed by atoms with Gasteiger partial charge in [-0.2, -0.15) is 0 Å². The topological polar surface area (TPSA) is 6.48 Å². The van der Waals surface area contributed by atoms with Crippen molar-refractivity contribution < 1.29 is 0 Å². The lowest BCUT2D eigenvalue weighted by molar-refractivity contribution is 0.125. The van der Waals surface area contributed by atoms with E-state index in [-0.39, 0.29) is 5.66 Å². The zero-order valence-electron chi connectivity index (χ0n) is 23.1. The molecule has 3 aromatic carbocycles. The van der Waals surface area contributed by atoms with Crippen LogP contribution in [0.4, 0.5) is 5.69 Å². The Kier molecular flexibility index (Phi) is 10.3. The normalized spacial score (nSPS) is 17.9. The van der Waals surface area contributed by atoms with Crippen LogP contribution in [0.1, 0.15) is 88.7 Å². The fraction of sp³-hybridized carbons (Fsp3) is 0.429. The third-order valence-electron chi connectivity index (χ3n) is 8.07. The maximum Gasteiger partial charge on any atom is 0.127 e. The van der Waals surface area contributed by atoms with E-state index in [9.17, 15) is 0 Å². The largest absolute Gasteiger partial charge is 0.352 e. The molecule has 0 amide bonds. The lowest BCUT2D eigenvalue weighted by Gasteiger charge is -2.51. The number of hydrogen-bond acceptors (Lipinski definition) is 2. The number of rotatable bonds is 15. The Balaban J connectivity index is 1.65. The van der Waals surface area contributed by atoms with E-state index in [1.54, 1.807) is 0 Å². The maximum atomic E-state index is 2.69. The molecule has 0 fully saturated rings. The molecule has 4 rings (SSSR count). The molecule has 0 aromatic heterocycles. The van der Waals surface area contributed by atoms with Crippen LogP contribution >= 0.6 is 0 Å². The molecule has 2 nitrogen and oxygen atoms in total. The van der Waals surface area contributed by atoms with Crippen molar-refractivity contribution >= 4 is 5.69 Å². The number of nitrogens with zero attached hydrogens (tertiary/aromatic N) is 2. The van der Waals surface area contributed by atoms with Crippen LogP contribution in [-0.2, 0) is 6.42 Å². The summed E-state index contributed by atoms with van der Waals surface area (Å²) in [6.07, 6.45) is 17.5. The number of anilines is 1. The average molecular weight is 495 g/mol. The highest BCUT2D eigenvalue weighted by atomic mass is 15.4. The summed E-state index contributed by atoms with van der Waals surface area (Å²) in [7, 11) is 0. The summed E-state index contributed by atoms with van der Waals surface area (Å²) in [4.78, 5) is 5.26. The highest BCUT2D eigenvalue weighted by Gasteiger charge is 2.49. The van der Waals surface area contributed by atoms with Gasteiger partial charge in [0.25, 0.3) is 0 Å². The molecule has 2 heteroatoms. The van der Waals surface area contributed by atoms with E-state index in [0.29, 0.717) is 5.92 Å². The Labute approximate surface area is 226 Å². The predicted molar refractivity (Wildman–Crippen MR) is 160 cm³/mol. The summed E-state index contributed by atoms with van der Waals surface area (Å²) in [6.45, 7) is 5.74. The van der Waals surface area contributed by atoms with Crippen LogP contribution in [0.3, 0.4) is 0 Å². The zero-order valence-corrected chi connectivity index (χ0v) is 23.1. The van der Waals surface area contributed by atoms with Crippen LogP contribution in [0.2, 0.25) is 0 Å². The van der Waals surface area contributed by atoms with Gasteiger partial charge in [-0.3, -0.25) is 0 Å². The second-order valence-electron chi connectivity index (χ2n) is 10.6. The third kappa shape index (κ3) is 6.66. The Bertz CT molecular complexity index is 1050. The monoisotopic (exact) mass is 494 g/mol. The molecule has 37 heavy (non-hydrogen) atoms. The van der Waals surface area contributed by atoms with E-state index in [0.717, 1.165) is 19.4 Å². The molecule has 0 spiro atoms. The summed E-state index contributed by atoms with van der Waals surface area (Å²) in [6, 6.07) is 33.3. The summed E-state index contributed by atoms with van der Waals surface area (Å²) in [5.41, 5.74) is 3.89. The van der Waals surface area contributed by atoms with E-state index in [1.165, 1.54) is 68.2 Å². The molecule has 1 heterocycles. The smallest absolute Gasteiger partial charge is 0.127 e. The van der Waals surface area contributed by atoms with E-state index in [2.05, 4.69) is 127 Å². The van der Waals surface area contributed by atoms with Gasteiger partial charge in [-0.15, -0.1) is 0 Å². The van der Waals surface area contributed by atoms with Gasteiger partial charge >= 0.3 is 0 Å². The molecule has 0 radical (unpaired) electrons. The van der Waals surface area contributed by atoms with Gasteiger partial charge in [0.15, 0.2) is 0 Å². The van der Waals surface area contributed by atoms with Gasteiger partial charge in [-0.25, -0.2) is 0 Å². The summed E-state index contributed by atoms with van der Waals surface area (Å²) >= 11 is 0. The van der Waals surface area contributed by atoms with Crippen molar-refractivity contribution in [3.63, 3.8) is 0 Å². The Hall–Kier alpha value is -3.00. The first-order chi connectivity index (χ1) is 18.3. The van der Waals surface area contributed by atoms with E-state index >= 15 is 0 Å². The number of hydrogen-bond donors (Lipinski definition) is 0. The minimum Gasteiger partial charge on any atom is -0.352 e. The van der Waals surface area contributed by atoms with Crippen LogP contribution in [0.5, 0.6) is 0 Å². The van der Waals surface area contributed by atoms with Crippen LogP contribution in [0.25, 0.3) is 0 Å². The quantitative estimate of drug-likeness (QED) is 0.194. The van der Waals surface area contributed by atoms with Gasteiger partial charge in [0.1, 0.15) is 5.66 Å². The lowest BCUT2D eigenvalue weighted by Crippen LogP contribution is -2.59. The van der Waals surface area contributed by atoms with Crippen LogP contribution in [0.15, 0.2) is 103 Å². The first-order valence-electron chi connectivity index (χ1n) is 14.7. The van der Waals surface area contributed by atoms with Crippen LogP contribution in [0, 0.1) is 0 Å². The molecule has 0 aliphatic carbocycles. The first-order valence-corrected chi connectivity index (χ1v) is 14.7. The maximum absolute atomic E-state index is 2.69. The molecule has 0 saturated heterocycles. The molecule has 1 aliphatic heterocycles. The van der Waals surface area contributed by atoms with Gasteiger partial charge in [-0.05, 0) is 36.1 Å². The summed E-state index contributed by atoms with van der Waals surface area (Å²) in [5.74, 6) is 0.359. The summed E-state index contributed by atoms with van der Waals surface area (Å²) in [5, 5.41) is 0. The molecular formula is C35H46N2. The molecule has 1 aliphatic rings. The Morgan fingerprint density at radius 2 is 1.19 bits per heavy atom. The van der Waals surface area contributed by atoms with Gasteiger partial charge in [-0.1, -0.05) is 138 Å². The van der Waals surface area contributed by atoms with Crippen LogP contribution < -0.4 is 4.90 Å². The summed E-state index contributed by atoms with van der Waals surface area (Å²) < 4.78 is 0. The van der Waals surface area contributed by atoms with Crippen molar-refractivity contribution in [2.45, 2.75) is 89.6 Å². The molecule has 0 bridgehead atoms. The van der Waals surface area contributed by atoms with Crippen LogP contribution in [-0.4, -0.2) is 17.1 Å². The van der Waals surface area contributed by atoms with E-state index in [4.69, 9.17) is 0 Å². The molecule has 0 saturated carbocycles. The number of unbranched alkanes of at least 4 members (excludes halogenated alkanes) is 7. The number of benzene rings is 3. The second kappa shape index (κ2) is 14.1. The fourth-order valence-corrected chi connectivity index (χ4v) is 6.22. The third-order valence-corrected chi connectivity index (χ3v) is 8.07. The SMILES string of the molecule is CCCCCCCCCCN1C=CN(c2ccccc2)C1(Cc1ccccc1)C(CC)c1ccccc1. The van der Waals surface area contributed by atoms with Crippen molar-refractivity contribution in [3.05, 3.63) is 115 Å². The highest BCUT2D eigenvalue weighted by Crippen LogP contribution is 2.47. The van der Waals surface area contributed by atoms with Crippen molar-refractivity contribution in [1.82, 2.24) is 4.90 Å². The Morgan fingerprint density at radius 3 is 1.81 bits per heavy atom. The van der Waals surface area contributed by atoms with Crippen molar-refractivity contribution in [2.24, 2.45) is 0 Å². The fourth-order valence-electron chi connectivity index (χ4n) is 6.22. The van der Waals surface area contributed by atoms with Crippen molar-refractivity contribution in [3.8, 4) is 0 Å². The van der Waals surface area contributed by atoms with Gasteiger partial charge in [0.05, 0.1) is 0 Å². The number of para-hydroxylation sites is 1. The van der Waals surface area contributed by atoms with Crippen molar-refractivity contribution in [1.29, 1.82) is 0 Å². The molecular weight excluding hydrogens is 448 g/mol. The van der Waals surface area contributed by atoms with Gasteiger partial charge < -0.3 is 9.80 Å². The molecule has 0 N–H and O–H groups in total. The minimum atomic E-state index is -0.195. The highest BCUT2D eigenvalue weighted by molar-refractivity contribution is 5.56. The average Bonchev–Trinajstić information content (AvgIpc) is 3.30. The Morgan fingerprint density at radius 1 is 0.622 bits per heavy atom. The molecule has 2 atom stereocenters. The molecule has 196 valence electrons. The predicted octanol–water partition coefficient (Wildman–Crippen LogP) is 9.55. The van der Waals surface area contributed by atoms with Crippen molar-refractivity contribution in [2.75, 3.05) is 11.4 Å². The van der Waals surface area contributed by atoms with E-state index in [1.807, 2.05) is 0 Å². The lowest BCUT2D eigenvalue weighted by atomic mass is 9.78. The minimum absolute atomic E-state index is 0.195. The first kappa shape index (κ1) is 27.0. The molecule has 2 unspecified atom stereocenters. The van der Waals surface area contributed by atoms with Gasteiger partial charge in [0.2, 0.25) is 0 Å². The van der Waals surface area contributed by atoms with Gasteiger partial charge in [0, 0.05) is 37.0 Å². The zero-order chi connectivity index (χ0) is 25.8. The van der Waals surface area contributed by atoms with E-state index < -0.39 is 0 Å². The second-order valence-corrected chi connectivity index (χ2v) is 10.6.